The number of hydrogen-bond donors (Lipinski definition) is 0. The summed E-state index contributed by atoms with van der Waals surface area (Å²) in [5.41, 5.74) is 0.580. The van der Waals surface area contributed by atoms with Crippen molar-refractivity contribution in [2.24, 2.45) is 0 Å². The van der Waals surface area contributed by atoms with E-state index in [9.17, 15) is 4.79 Å². The average molecular weight is 267 g/mol. The summed E-state index contributed by atoms with van der Waals surface area (Å²) in [5, 5.41) is 9.04. The minimum atomic E-state index is -0.924. The lowest BCUT2D eigenvalue weighted by Gasteiger charge is -2.11. The van der Waals surface area contributed by atoms with Crippen LogP contribution in [0.25, 0.3) is 0 Å². The lowest BCUT2D eigenvalue weighted by molar-refractivity contribution is -0.144. The van der Waals surface area contributed by atoms with E-state index >= 15 is 0 Å². The number of carbonyl (C=O) groups excluding carboxylic acids is 1. The third-order valence-corrected chi connectivity index (χ3v) is 2.54. The molecule has 4 nitrogen and oxygen atoms in total. The van der Waals surface area contributed by atoms with Crippen molar-refractivity contribution in [3.05, 3.63) is 60.2 Å². The monoisotopic (exact) mass is 267 g/mol. The molecule has 2 rings (SSSR count). The summed E-state index contributed by atoms with van der Waals surface area (Å²) in [4.78, 5) is 11.0. The molecule has 2 aromatic carbocycles. The van der Waals surface area contributed by atoms with E-state index in [4.69, 9.17) is 14.7 Å². The average Bonchev–Trinajstić information content (AvgIpc) is 2.46. The van der Waals surface area contributed by atoms with Gasteiger partial charge in [-0.2, -0.15) is 5.26 Å². The first-order valence-corrected chi connectivity index (χ1v) is 6.09. The molecule has 0 fully saturated rings. The second-order valence-electron chi connectivity index (χ2n) is 4.11. The van der Waals surface area contributed by atoms with Gasteiger partial charge in [-0.25, -0.2) is 0 Å². The fourth-order valence-electron chi connectivity index (χ4n) is 1.70. The highest BCUT2D eigenvalue weighted by molar-refractivity contribution is 5.66. The van der Waals surface area contributed by atoms with Gasteiger partial charge in [0.2, 0.25) is 6.10 Å². The molecule has 0 aliphatic rings. The SMILES string of the molecule is CC(=O)O[C@H](C#N)c1cccc(Oc2ccccc2)c1. The maximum Gasteiger partial charge on any atom is 0.304 e. The minimum Gasteiger partial charge on any atom is -0.457 e. The van der Waals surface area contributed by atoms with Gasteiger partial charge in [-0.3, -0.25) is 4.79 Å². The molecule has 0 saturated carbocycles. The van der Waals surface area contributed by atoms with Gasteiger partial charge in [0.25, 0.3) is 0 Å². The Bertz CT molecular complexity index is 632. The molecule has 0 amide bonds. The van der Waals surface area contributed by atoms with E-state index in [2.05, 4.69) is 0 Å². The van der Waals surface area contributed by atoms with Crippen molar-refractivity contribution in [3.8, 4) is 17.6 Å². The third kappa shape index (κ3) is 3.59. The summed E-state index contributed by atoms with van der Waals surface area (Å²) < 4.78 is 10.6. The molecular formula is C16H13NO3. The predicted molar refractivity (Wildman–Crippen MR) is 73.1 cm³/mol. The highest BCUT2D eigenvalue weighted by atomic mass is 16.5. The van der Waals surface area contributed by atoms with Crippen LogP contribution < -0.4 is 4.74 Å². The zero-order chi connectivity index (χ0) is 14.4. The van der Waals surface area contributed by atoms with Crippen molar-refractivity contribution in [1.82, 2.24) is 0 Å². The molecule has 0 N–H and O–H groups in total. The summed E-state index contributed by atoms with van der Waals surface area (Å²) in [6.45, 7) is 1.27. The molecule has 0 aliphatic heterocycles. The van der Waals surface area contributed by atoms with E-state index in [1.807, 2.05) is 36.4 Å². The maximum atomic E-state index is 11.0. The summed E-state index contributed by atoms with van der Waals surface area (Å²) >= 11 is 0. The van der Waals surface area contributed by atoms with Gasteiger partial charge in [0.1, 0.15) is 17.6 Å². The van der Waals surface area contributed by atoms with E-state index in [-0.39, 0.29) is 0 Å². The second kappa shape index (κ2) is 6.39. The predicted octanol–water partition coefficient (Wildman–Crippen LogP) is 3.61. The van der Waals surface area contributed by atoms with Crippen LogP contribution in [-0.2, 0) is 9.53 Å². The van der Waals surface area contributed by atoms with Gasteiger partial charge < -0.3 is 9.47 Å². The van der Waals surface area contributed by atoms with E-state index in [1.54, 1.807) is 24.3 Å². The Hall–Kier alpha value is -2.80. The highest BCUT2D eigenvalue weighted by Gasteiger charge is 2.14. The zero-order valence-electron chi connectivity index (χ0n) is 10.9. The molecule has 0 spiro atoms. The smallest absolute Gasteiger partial charge is 0.304 e. The van der Waals surface area contributed by atoms with Gasteiger partial charge in [0, 0.05) is 12.5 Å². The number of nitriles is 1. The molecule has 0 radical (unpaired) electrons. The maximum absolute atomic E-state index is 11.0. The Morgan fingerprint density at radius 3 is 2.45 bits per heavy atom. The molecule has 0 bridgehead atoms. The molecule has 4 heteroatoms. The Kier molecular flexibility index (Phi) is 4.35. The van der Waals surface area contributed by atoms with Crippen LogP contribution in [0, 0.1) is 11.3 Å². The number of nitrogens with zero attached hydrogens (tertiary/aromatic N) is 1. The first-order chi connectivity index (χ1) is 9.69. The van der Waals surface area contributed by atoms with E-state index < -0.39 is 12.1 Å². The van der Waals surface area contributed by atoms with Crippen LogP contribution in [0.2, 0.25) is 0 Å². The van der Waals surface area contributed by atoms with Crippen LogP contribution >= 0.6 is 0 Å². The van der Waals surface area contributed by atoms with Crippen molar-refractivity contribution in [2.75, 3.05) is 0 Å². The molecular weight excluding hydrogens is 254 g/mol. The molecule has 0 aromatic heterocycles. The lowest BCUT2D eigenvalue weighted by atomic mass is 10.1. The van der Waals surface area contributed by atoms with Crippen LogP contribution in [0.15, 0.2) is 54.6 Å². The number of ether oxygens (including phenoxy) is 2. The van der Waals surface area contributed by atoms with Crippen LogP contribution in [-0.4, -0.2) is 5.97 Å². The Morgan fingerprint density at radius 2 is 1.80 bits per heavy atom. The van der Waals surface area contributed by atoms with Gasteiger partial charge in [-0.1, -0.05) is 30.3 Å². The standard InChI is InChI=1S/C16H13NO3/c1-12(18)19-16(11-17)13-6-5-9-15(10-13)20-14-7-3-2-4-8-14/h2-10,16H,1H3/t16-/m1/s1. The van der Waals surface area contributed by atoms with Gasteiger partial charge in [0.05, 0.1) is 0 Å². The number of esters is 1. The largest absolute Gasteiger partial charge is 0.457 e. The first-order valence-electron chi connectivity index (χ1n) is 6.09. The summed E-state index contributed by atoms with van der Waals surface area (Å²) in [7, 11) is 0. The second-order valence-corrected chi connectivity index (χ2v) is 4.11. The van der Waals surface area contributed by atoms with Crippen LogP contribution in [0.4, 0.5) is 0 Å². The fourth-order valence-corrected chi connectivity index (χ4v) is 1.70. The first kappa shape index (κ1) is 13.6. The van der Waals surface area contributed by atoms with Crippen LogP contribution in [0.5, 0.6) is 11.5 Å². The van der Waals surface area contributed by atoms with Crippen LogP contribution in [0.3, 0.4) is 0 Å². The topological polar surface area (TPSA) is 59.3 Å². The van der Waals surface area contributed by atoms with E-state index in [1.165, 1.54) is 6.92 Å². The molecule has 0 heterocycles. The Labute approximate surface area is 117 Å². The van der Waals surface area contributed by atoms with Gasteiger partial charge in [0.15, 0.2) is 0 Å². The van der Waals surface area contributed by atoms with Crippen molar-refractivity contribution < 1.29 is 14.3 Å². The van der Waals surface area contributed by atoms with Gasteiger partial charge >= 0.3 is 5.97 Å². The van der Waals surface area contributed by atoms with E-state index in [0.717, 1.165) is 0 Å². The van der Waals surface area contributed by atoms with Gasteiger partial charge in [-0.15, -0.1) is 0 Å². The number of para-hydroxylation sites is 1. The van der Waals surface area contributed by atoms with Crippen molar-refractivity contribution in [3.63, 3.8) is 0 Å². The minimum absolute atomic E-state index is 0.495. The quantitative estimate of drug-likeness (QED) is 0.794. The number of rotatable bonds is 4. The fraction of sp³-hybridized carbons (Fsp3) is 0.125. The summed E-state index contributed by atoms with van der Waals surface area (Å²) in [5.74, 6) is 0.790. The Morgan fingerprint density at radius 1 is 1.10 bits per heavy atom. The molecule has 0 aliphatic carbocycles. The van der Waals surface area contributed by atoms with Crippen LogP contribution in [0.1, 0.15) is 18.6 Å². The molecule has 20 heavy (non-hydrogen) atoms. The Balaban J connectivity index is 2.19. The van der Waals surface area contributed by atoms with Gasteiger partial charge in [-0.05, 0) is 24.3 Å². The van der Waals surface area contributed by atoms with Crippen molar-refractivity contribution in [2.45, 2.75) is 13.0 Å². The summed E-state index contributed by atoms with van der Waals surface area (Å²) in [6, 6.07) is 18.2. The number of hydrogen-bond acceptors (Lipinski definition) is 4. The highest BCUT2D eigenvalue weighted by Crippen LogP contribution is 2.25. The molecule has 0 unspecified atom stereocenters. The molecule has 0 saturated heterocycles. The molecule has 1 atom stereocenters. The van der Waals surface area contributed by atoms with E-state index in [0.29, 0.717) is 17.1 Å². The third-order valence-electron chi connectivity index (χ3n) is 2.54. The number of benzene rings is 2. The van der Waals surface area contributed by atoms with Crippen molar-refractivity contribution in [1.29, 1.82) is 5.26 Å². The molecule has 100 valence electrons. The molecule has 2 aromatic rings. The summed E-state index contributed by atoms with van der Waals surface area (Å²) in [6.07, 6.45) is -0.924. The van der Waals surface area contributed by atoms with Crippen molar-refractivity contribution >= 4 is 5.97 Å². The zero-order valence-corrected chi connectivity index (χ0v) is 10.9. The normalized spacial score (nSPS) is 11.2. The number of carbonyl (C=O) groups is 1. The lowest BCUT2D eigenvalue weighted by Crippen LogP contribution is -2.06.